The number of anilines is 1. The number of sulfonamides is 1. The van der Waals surface area contributed by atoms with E-state index < -0.39 is 16.1 Å². The zero-order valence-electron chi connectivity index (χ0n) is 15.9. The second-order valence-electron chi connectivity index (χ2n) is 6.99. The Balaban J connectivity index is 1.50. The standard InChI is InChI=1S/C21H21N3O3S2/c1-15-4-10-18(11-5-15)29(26,27)24-13-2-3-19(24)20(25)23-17-8-6-16(7-9-17)21-22-12-14-28-21/h4-12,14,19H,2-3,13H2,1H3,(H,23,25). The molecule has 2 aromatic carbocycles. The highest BCUT2D eigenvalue weighted by Crippen LogP contribution is 2.28. The van der Waals surface area contributed by atoms with Gasteiger partial charge in [-0.2, -0.15) is 4.31 Å². The van der Waals surface area contributed by atoms with Gasteiger partial charge in [0.25, 0.3) is 0 Å². The predicted octanol–water partition coefficient (Wildman–Crippen LogP) is 3.91. The zero-order valence-corrected chi connectivity index (χ0v) is 17.5. The van der Waals surface area contributed by atoms with Gasteiger partial charge in [-0.15, -0.1) is 11.3 Å². The summed E-state index contributed by atoms with van der Waals surface area (Å²) in [4.78, 5) is 17.3. The van der Waals surface area contributed by atoms with E-state index in [2.05, 4.69) is 10.3 Å². The van der Waals surface area contributed by atoms with Gasteiger partial charge in [0, 0.05) is 29.4 Å². The van der Waals surface area contributed by atoms with Crippen LogP contribution in [-0.4, -0.2) is 36.2 Å². The SMILES string of the molecule is Cc1ccc(S(=O)(=O)N2CCCC2C(=O)Nc2ccc(-c3nccs3)cc2)cc1. The molecule has 0 radical (unpaired) electrons. The van der Waals surface area contributed by atoms with Crippen LogP contribution in [0.5, 0.6) is 0 Å². The van der Waals surface area contributed by atoms with E-state index >= 15 is 0 Å². The zero-order chi connectivity index (χ0) is 20.4. The molecule has 0 saturated carbocycles. The molecule has 1 atom stereocenters. The summed E-state index contributed by atoms with van der Waals surface area (Å²) in [6, 6.07) is 13.4. The molecule has 150 valence electrons. The maximum Gasteiger partial charge on any atom is 0.243 e. The second-order valence-corrected chi connectivity index (χ2v) is 9.78. The summed E-state index contributed by atoms with van der Waals surface area (Å²) in [7, 11) is -3.71. The molecule has 1 unspecified atom stereocenters. The number of carbonyl (C=O) groups excluding carboxylic acids is 1. The van der Waals surface area contributed by atoms with Crippen LogP contribution in [0.2, 0.25) is 0 Å². The highest BCUT2D eigenvalue weighted by Gasteiger charge is 2.39. The maximum absolute atomic E-state index is 13.0. The third-order valence-electron chi connectivity index (χ3n) is 4.97. The predicted molar refractivity (Wildman–Crippen MR) is 114 cm³/mol. The van der Waals surface area contributed by atoms with E-state index in [1.54, 1.807) is 41.8 Å². The Kier molecular flexibility index (Phi) is 5.49. The lowest BCUT2D eigenvalue weighted by Crippen LogP contribution is -2.43. The molecule has 8 heteroatoms. The fourth-order valence-electron chi connectivity index (χ4n) is 3.42. The van der Waals surface area contributed by atoms with Gasteiger partial charge in [0.15, 0.2) is 0 Å². The van der Waals surface area contributed by atoms with Crippen molar-refractivity contribution < 1.29 is 13.2 Å². The number of amides is 1. The Bertz CT molecular complexity index is 1090. The lowest BCUT2D eigenvalue weighted by Gasteiger charge is -2.23. The minimum Gasteiger partial charge on any atom is -0.325 e. The molecule has 4 rings (SSSR count). The van der Waals surface area contributed by atoms with Crippen molar-refractivity contribution in [1.82, 2.24) is 9.29 Å². The summed E-state index contributed by atoms with van der Waals surface area (Å²) in [5.74, 6) is -0.305. The normalized spacial score (nSPS) is 17.3. The third-order valence-corrected chi connectivity index (χ3v) is 7.71. The maximum atomic E-state index is 13.0. The molecule has 1 N–H and O–H groups in total. The molecule has 0 spiro atoms. The van der Waals surface area contributed by atoms with Gasteiger partial charge in [0.2, 0.25) is 15.9 Å². The number of thiazole rings is 1. The Labute approximate surface area is 174 Å². The van der Waals surface area contributed by atoms with Crippen molar-refractivity contribution in [2.45, 2.75) is 30.7 Å². The lowest BCUT2D eigenvalue weighted by atomic mass is 10.2. The molecule has 1 aromatic heterocycles. The van der Waals surface area contributed by atoms with Crippen molar-refractivity contribution in [3.05, 3.63) is 65.7 Å². The molecule has 6 nitrogen and oxygen atoms in total. The quantitative estimate of drug-likeness (QED) is 0.670. The van der Waals surface area contributed by atoms with Crippen LogP contribution in [0.3, 0.4) is 0 Å². The molecule has 1 saturated heterocycles. The fourth-order valence-corrected chi connectivity index (χ4v) is 5.72. The first-order chi connectivity index (χ1) is 13.9. The van der Waals surface area contributed by atoms with Crippen molar-refractivity contribution >= 4 is 33.0 Å². The summed E-state index contributed by atoms with van der Waals surface area (Å²) < 4.78 is 27.4. The average Bonchev–Trinajstić information content (AvgIpc) is 3.41. The number of carbonyl (C=O) groups is 1. The topological polar surface area (TPSA) is 79.4 Å². The molecule has 3 aromatic rings. The number of hydrogen-bond donors (Lipinski definition) is 1. The van der Waals surface area contributed by atoms with Crippen LogP contribution in [0.25, 0.3) is 10.6 Å². The molecule has 1 aliphatic rings. The Morgan fingerprint density at radius 1 is 1.14 bits per heavy atom. The summed E-state index contributed by atoms with van der Waals surface area (Å²) in [6.45, 7) is 2.25. The highest BCUT2D eigenvalue weighted by molar-refractivity contribution is 7.89. The number of aromatic nitrogens is 1. The van der Waals surface area contributed by atoms with E-state index in [-0.39, 0.29) is 10.8 Å². The lowest BCUT2D eigenvalue weighted by molar-refractivity contribution is -0.119. The van der Waals surface area contributed by atoms with E-state index in [1.165, 1.54) is 4.31 Å². The van der Waals surface area contributed by atoms with E-state index in [9.17, 15) is 13.2 Å². The number of nitrogens with one attached hydrogen (secondary N) is 1. The van der Waals surface area contributed by atoms with Crippen molar-refractivity contribution in [3.8, 4) is 10.6 Å². The van der Waals surface area contributed by atoms with Crippen LogP contribution < -0.4 is 5.32 Å². The number of benzene rings is 2. The van der Waals surface area contributed by atoms with Crippen LogP contribution in [0.4, 0.5) is 5.69 Å². The number of hydrogen-bond acceptors (Lipinski definition) is 5. The van der Waals surface area contributed by atoms with Gasteiger partial charge in [-0.3, -0.25) is 4.79 Å². The van der Waals surface area contributed by atoms with Crippen LogP contribution in [0.15, 0.2) is 65.0 Å². The number of aryl methyl sites for hydroxylation is 1. The van der Waals surface area contributed by atoms with Gasteiger partial charge in [0.1, 0.15) is 11.0 Å². The molecule has 0 aliphatic carbocycles. The third kappa shape index (κ3) is 4.10. The van der Waals surface area contributed by atoms with Crippen LogP contribution in [-0.2, 0) is 14.8 Å². The van der Waals surface area contributed by atoms with Crippen LogP contribution in [0, 0.1) is 6.92 Å². The van der Waals surface area contributed by atoms with Gasteiger partial charge in [-0.05, 0) is 56.2 Å². The minimum atomic E-state index is -3.71. The van der Waals surface area contributed by atoms with Gasteiger partial charge in [-0.25, -0.2) is 13.4 Å². The molecule has 1 aliphatic heterocycles. The molecule has 1 amide bonds. The second kappa shape index (κ2) is 8.06. The van der Waals surface area contributed by atoms with Crippen molar-refractivity contribution in [2.24, 2.45) is 0 Å². The van der Waals surface area contributed by atoms with E-state index in [1.807, 2.05) is 36.6 Å². The first kappa shape index (κ1) is 19.8. The fraction of sp³-hybridized carbons (Fsp3) is 0.238. The van der Waals surface area contributed by atoms with Crippen molar-refractivity contribution in [1.29, 1.82) is 0 Å². The largest absolute Gasteiger partial charge is 0.325 e. The van der Waals surface area contributed by atoms with Crippen LogP contribution in [0.1, 0.15) is 18.4 Å². The van der Waals surface area contributed by atoms with Gasteiger partial charge in [0.05, 0.1) is 4.90 Å². The van der Waals surface area contributed by atoms with Crippen molar-refractivity contribution in [3.63, 3.8) is 0 Å². The van der Waals surface area contributed by atoms with Crippen LogP contribution >= 0.6 is 11.3 Å². The smallest absolute Gasteiger partial charge is 0.243 e. The number of rotatable bonds is 5. The first-order valence-electron chi connectivity index (χ1n) is 9.34. The summed E-state index contributed by atoms with van der Waals surface area (Å²) >= 11 is 1.55. The molecular formula is C21H21N3O3S2. The average molecular weight is 428 g/mol. The number of nitrogens with zero attached hydrogens (tertiary/aromatic N) is 2. The molecule has 1 fully saturated rings. The van der Waals surface area contributed by atoms with Gasteiger partial charge < -0.3 is 5.32 Å². The monoisotopic (exact) mass is 427 g/mol. The van der Waals surface area contributed by atoms with Crippen molar-refractivity contribution in [2.75, 3.05) is 11.9 Å². The molecular weight excluding hydrogens is 406 g/mol. The highest BCUT2D eigenvalue weighted by atomic mass is 32.2. The first-order valence-corrected chi connectivity index (χ1v) is 11.7. The summed E-state index contributed by atoms with van der Waals surface area (Å²) in [5, 5.41) is 5.68. The Hall–Kier alpha value is -2.55. The molecule has 0 bridgehead atoms. The van der Waals surface area contributed by atoms with E-state index in [0.717, 1.165) is 16.1 Å². The van der Waals surface area contributed by atoms with E-state index in [4.69, 9.17) is 0 Å². The van der Waals surface area contributed by atoms with Gasteiger partial charge >= 0.3 is 0 Å². The Morgan fingerprint density at radius 2 is 1.86 bits per heavy atom. The van der Waals surface area contributed by atoms with E-state index in [0.29, 0.717) is 25.1 Å². The summed E-state index contributed by atoms with van der Waals surface area (Å²) in [5.41, 5.74) is 2.60. The summed E-state index contributed by atoms with van der Waals surface area (Å²) in [6.07, 6.45) is 2.92. The van der Waals surface area contributed by atoms with Gasteiger partial charge in [-0.1, -0.05) is 17.7 Å². The minimum absolute atomic E-state index is 0.218. The molecule has 29 heavy (non-hydrogen) atoms. The Morgan fingerprint density at radius 3 is 2.52 bits per heavy atom. The molecule has 2 heterocycles.